The Morgan fingerprint density at radius 2 is 1.47 bits per heavy atom. The van der Waals surface area contributed by atoms with Crippen molar-refractivity contribution >= 4 is 16.7 Å². The third-order valence-electron chi connectivity index (χ3n) is 8.31. The predicted molar refractivity (Wildman–Crippen MR) is 176 cm³/mol. The molecule has 0 spiro atoms. The van der Waals surface area contributed by atoms with Crippen LogP contribution in [0.15, 0.2) is 122 Å². The lowest BCUT2D eigenvalue weighted by molar-refractivity contribution is -0.0269. The van der Waals surface area contributed by atoms with Crippen molar-refractivity contribution in [3.8, 4) is 5.75 Å². The highest BCUT2D eigenvalue weighted by Gasteiger charge is 2.25. The fourth-order valence-corrected chi connectivity index (χ4v) is 5.87. The molecule has 1 fully saturated rings. The van der Waals surface area contributed by atoms with E-state index >= 15 is 0 Å². The van der Waals surface area contributed by atoms with Crippen molar-refractivity contribution in [1.29, 1.82) is 0 Å². The number of benzene rings is 4. The van der Waals surface area contributed by atoms with E-state index in [0.29, 0.717) is 23.4 Å². The molecular formula is C38H39N3O4. The van der Waals surface area contributed by atoms with Gasteiger partial charge in [0.1, 0.15) is 11.9 Å². The molecule has 6 rings (SSSR count). The summed E-state index contributed by atoms with van der Waals surface area (Å²) in [4.78, 5) is 19.8. The molecule has 5 aromatic rings. The van der Waals surface area contributed by atoms with Gasteiger partial charge < -0.3 is 24.8 Å². The summed E-state index contributed by atoms with van der Waals surface area (Å²) in [6, 6.07) is 35.8. The molecule has 0 bridgehead atoms. The number of fused-ring (bicyclic) bond motifs is 1. The molecule has 1 aliphatic heterocycles. The van der Waals surface area contributed by atoms with Crippen molar-refractivity contribution in [2.45, 2.75) is 37.8 Å². The Hall–Kier alpha value is -4.56. The first-order valence-electron chi connectivity index (χ1n) is 15.7. The summed E-state index contributed by atoms with van der Waals surface area (Å²) < 4.78 is 12.6. The van der Waals surface area contributed by atoms with Crippen LogP contribution in [0.1, 0.15) is 58.7 Å². The van der Waals surface area contributed by atoms with Gasteiger partial charge in [0.2, 0.25) is 6.29 Å². The second kappa shape index (κ2) is 14.9. The van der Waals surface area contributed by atoms with Gasteiger partial charge in [-0.25, -0.2) is 0 Å². The van der Waals surface area contributed by atoms with E-state index < -0.39 is 6.29 Å². The minimum Gasteiger partial charge on any atom is -0.460 e. The van der Waals surface area contributed by atoms with Crippen molar-refractivity contribution in [2.75, 3.05) is 26.2 Å². The van der Waals surface area contributed by atoms with Crippen LogP contribution < -0.4 is 10.1 Å². The van der Waals surface area contributed by atoms with Crippen molar-refractivity contribution in [3.05, 3.63) is 144 Å². The second-order valence-electron chi connectivity index (χ2n) is 11.4. The van der Waals surface area contributed by atoms with Gasteiger partial charge in [-0.3, -0.25) is 9.78 Å². The van der Waals surface area contributed by atoms with Gasteiger partial charge in [-0.2, -0.15) is 0 Å². The van der Waals surface area contributed by atoms with Crippen LogP contribution in [-0.4, -0.2) is 53.2 Å². The second-order valence-corrected chi connectivity index (χ2v) is 11.4. The Morgan fingerprint density at radius 3 is 2.11 bits per heavy atom. The summed E-state index contributed by atoms with van der Waals surface area (Å²) in [5, 5.41) is 15.6. The summed E-state index contributed by atoms with van der Waals surface area (Å²) >= 11 is 0. The van der Waals surface area contributed by atoms with E-state index in [2.05, 4.69) is 63.7 Å². The molecule has 0 radical (unpaired) electrons. The average molecular weight is 602 g/mol. The van der Waals surface area contributed by atoms with E-state index in [1.165, 1.54) is 11.1 Å². The van der Waals surface area contributed by atoms with Crippen LogP contribution >= 0.6 is 0 Å². The van der Waals surface area contributed by atoms with Crippen LogP contribution in [0.4, 0.5) is 0 Å². The van der Waals surface area contributed by atoms with E-state index in [-0.39, 0.29) is 18.1 Å². The predicted octanol–water partition coefficient (Wildman–Crippen LogP) is 6.70. The summed E-state index contributed by atoms with van der Waals surface area (Å²) in [6.07, 6.45) is 4.83. The maximum Gasteiger partial charge on any atom is 0.255 e. The molecule has 4 aromatic carbocycles. The minimum absolute atomic E-state index is 0.0754. The quantitative estimate of drug-likeness (QED) is 0.122. The average Bonchev–Trinajstić information content (AvgIpc) is 3.10. The van der Waals surface area contributed by atoms with E-state index in [1.54, 1.807) is 30.6 Å². The smallest absolute Gasteiger partial charge is 0.255 e. The zero-order valence-electron chi connectivity index (χ0n) is 25.3. The fourth-order valence-electron chi connectivity index (χ4n) is 5.87. The van der Waals surface area contributed by atoms with Gasteiger partial charge in [-0.1, -0.05) is 84.9 Å². The molecule has 7 heteroatoms. The van der Waals surface area contributed by atoms with Gasteiger partial charge in [0.25, 0.3) is 5.91 Å². The number of likely N-dealkylation sites (tertiary alicyclic amines) is 1. The number of carbonyl (C=O) groups is 1. The number of hydrogen-bond donors (Lipinski definition) is 2. The first-order valence-corrected chi connectivity index (χ1v) is 15.7. The van der Waals surface area contributed by atoms with E-state index in [9.17, 15) is 9.90 Å². The first kappa shape index (κ1) is 30.5. The van der Waals surface area contributed by atoms with Crippen LogP contribution in [0.3, 0.4) is 0 Å². The SMILES string of the molecule is O=C(NCCCN1CCC(OC(c2ccccc2)c2ccccc2)CC1)c1cc2ccccc2cc1OC(O)c1cccnc1. The van der Waals surface area contributed by atoms with E-state index in [1.807, 2.05) is 42.5 Å². The zero-order chi connectivity index (χ0) is 30.8. The zero-order valence-corrected chi connectivity index (χ0v) is 25.3. The number of amides is 1. The maximum absolute atomic E-state index is 13.3. The Kier molecular flexibility index (Phi) is 10.1. The number of aromatic nitrogens is 1. The lowest BCUT2D eigenvalue weighted by Crippen LogP contribution is -2.39. The topological polar surface area (TPSA) is 83.9 Å². The van der Waals surface area contributed by atoms with Gasteiger partial charge in [0.15, 0.2) is 0 Å². The van der Waals surface area contributed by atoms with Gasteiger partial charge in [0.05, 0.1) is 11.7 Å². The molecular weight excluding hydrogens is 562 g/mol. The molecule has 1 amide bonds. The molecule has 1 atom stereocenters. The molecule has 230 valence electrons. The van der Waals surface area contributed by atoms with Crippen LogP contribution in [-0.2, 0) is 4.74 Å². The van der Waals surface area contributed by atoms with Gasteiger partial charge in [-0.15, -0.1) is 0 Å². The Balaban J connectivity index is 1.01. The Bertz CT molecular complexity index is 1620. The number of aliphatic hydroxyl groups excluding tert-OH is 1. The molecule has 2 heterocycles. The number of nitrogens with zero attached hydrogens (tertiary/aromatic N) is 2. The molecule has 1 saturated heterocycles. The molecule has 0 aliphatic carbocycles. The van der Waals surface area contributed by atoms with Gasteiger partial charge in [0, 0.05) is 37.6 Å². The van der Waals surface area contributed by atoms with Crippen LogP contribution in [0, 0.1) is 0 Å². The fraction of sp³-hybridized carbons (Fsp3) is 0.263. The first-order chi connectivity index (χ1) is 22.1. The number of hydrogen-bond acceptors (Lipinski definition) is 6. The largest absolute Gasteiger partial charge is 0.460 e. The number of ether oxygens (including phenoxy) is 2. The lowest BCUT2D eigenvalue weighted by atomic mass is 10.00. The van der Waals surface area contributed by atoms with Gasteiger partial charge >= 0.3 is 0 Å². The number of nitrogens with one attached hydrogen (secondary N) is 1. The van der Waals surface area contributed by atoms with E-state index in [0.717, 1.165) is 49.7 Å². The lowest BCUT2D eigenvalue weighted by Gasteiger charge is -2.34. The summed E-state index contributed by atoms with van der Waals surface area (Å²) in [7, 11) is 0. The van der Waals surface area contributed by atoms with Crippen LogP contribution in [0.5, 0.6) is 5.75 Å². The van der Waals surface area contributed by atoms with Crippen molar-refractivity contribution in [1.82, 2.24) is 15.2 Å². The maximum atomic E-state index is 13.3. The highest BCUT2D eigenvalue weighted by molar-refractivity contribution is 6.01. The van der Waals surface area contributed by atoms with Crippen LogP contribution in [0.2, 0.25) is 0 Å². The van der Waals surface area contributed by atoms with Crippen molar-refractivity contribution < 1.29 is 19.4 Å². The standard InChI is InChI=1S/C38H39N3O4/c42-37(34-25-30-15-7-8-16-31(30)26-35(34)45-38(43)32-17-9-20-39-27-32)40-21-10-22-41-23-18-33(19-24-41)44-36(28-11-3-1-4-12-28)29-13-5-2-6-14-29/h1-9,11-17,20,25-27,33,36,38,43H,10,18-19,21-24H2,(H,40,42). The van der Waals surface area contributed by atoms with Crippen LogP contribution in [0.25, 0.3) is 10.8 Å². The van der Waals surface area contributed by atoms with Gasteiger partial charge in [-0.05, 0) is 72.0 Å². The highest BCUT2D eigenvalue weighted by atomic mass is 16.6. The summed E-state index contributed by atoms with van der Waals surface area (Å²) in [5.74, 6) is 0.100. The third-order valence-corrected chi connectivity index (χ3v) is 8.31. The molecule has 1 aromatic heterocycles. The molecule has 1 unspecified atom stereocenters. The molecule has 45 heavy (non-hydrogen) atoms. The van der Waals surface area contributed by atoms with Crippen molar-refractivity contribution in [2.24, 2.45) is 0 Å². The molecule has 0 saturated carbocycles. The number of pyridine rings is 1. The minimum atomic E-state index is -1.24. The Labute approximate surface area is 264 Å². The number of aliphatic hydroxyl groups is 1. The Morgan fingerprint density at radius 1 is 0.844 bits per heavy atom. The number of carbonyl (C=O) groups excluding carboxylic acids is 1. The normalized spacial score (nSPS) is 14.8. The number of rotatable bonds is 12. The summed E-state index contributed by atoms with van der Waals surface area (Å²) in [5.41, 5.74) is 3.25. The molecule has 2 N–H and O–H groups in total. The monoisotopic (exact) mass is 601 g/mol. The van der Waals surface area contributed by atoms with Crippen molar-refractivity contribution in [3.63, 3.8) is 0 Å². The molecule has 7 nitrogen and oxygen atoms in total. The molecule has 1 aliphatic rings. The van der Waals surface area contributed by atoms with E-state index in [4.69, 9.17) is 9.47 Å². The number of piperidine rings is 1. The third kappa shape index (κ3) is 7.94. The highest BCUT2D eigenvalue weighted by Crippen LogP contribution is 2.31. The summed E-state index contributed by atoms with van der Waals surface area (Å²) in [6.45, 7) is 3.36.